The number of hydrogen-bond donors (Lipinski definition) is 2. The second kappa shape index (κ2) is 6.71. The van der Waals surface area contributed by atoms with Crippen LogP contribution in [-0.4, -0.2) is 24.1 Å². The van der Waals surface area contributed by atoms with Crippen molar-refractivity contribution in [2.75, 3.05) is 4.72 Å². The average molecular weight is 448 g/mol. The molecule has 0 radical (unpaired) electrons. The Bertz CT molecular complexity index is 921. The molecule has 1 heterocycles. The molecule has 7 nitrogen and oxygen atoms in total. The molecule has 1 aromatic heterocycles. The molecule has 0 amide bonds. The Labute approximate surface area is 146 Å². The van der Waals surface area contributed by atoms with Crippen molar-refractivity contribution in [1.82, 2.24) is 4.57 Å². The smallest absolute Gasteiger partial charge is 0.323 e. The van der Waals surface area contributed by atoms with Crippen molar-refractivity contribution in [3.8, 4) is 0 Å². The van der Waals surface area contributed by atoms with Crippen LogP contribution in [0, 0.1) is 10.5 Å². The van der Waals surface area contributed by atoms with E-state index < -0.39 is 28.1 Å². The Kier molecular flexibility index (Phi) is 5.09. The van der Waals surface area contributed by atoms with E-state index in [9.17, 15) is 18.0 Å². The highest BCUT2D eigenvalue weighted by molar-refractivity contribution is 14.1. The SMILES string of the molecule is Cc1ccc(NS(=O)(=O)c2cccc(I)c2)c(=O)n1CC(=O)O. The quantitative estimate of drug-likeness (QED) is 0.677. The van der Waals surface area contributed by atoms with E-state index in [1.807, 2.05) is 22.6 Å². The normalized spacial score (nSPS) is 11.2. The topological polar surface area (TPSA) is 105 Å². The number of aryl methyl sites for hydroxylation is 1. The van der Waals surface area contributed by atoms with E-state index in [0.29, 0.717) is 5.69 Å². The first-order valence-corrected chi connectivity index (χ1v) is 8.97. The van der Waals surface area contributed by atoms with Gasteiger partial charge in [0.05, 0.1) is 4.90 Å². The zero-order valence-corrected chi connectivity index (χ0v) is 15.0. The fraction of sp³-hybridized carbons (Fsp3) is 0.143. The third kappa shape index (κ3) is 4.10. The molecule has 0 atom stereocenters. The number of pyridine rings is 1. The van der Waals surface area contributed by atoms with E-state index >= 15 is 0 Å². The zero-order valence-electron chi connectivity index (χ0n) is 12.0. The number of carbonyl (C=O) groups is 1. The number of sulfonamides is 1. The van der Waals surface area contributed by atoms with Crippen LogP contribution in [0.2, 0.25) is 0 Å². The Hall–Kier alpha value is -1.88. The van der Waals surface area contributed by atoms with Crippen molar-refractivity contribution in [3.63, 3.8) is 0 Å². The molecule has 1 aromatic carbocycles. The van der Waals surface area contributed by atoms with Gasteiger partial charge in [0.2, 0.25) is 0 Å². The molecule has 0 unspecified atom stereocenters. The minimum absolute atomic E-state index is 0.0224. The first-order chi connectivity index (χ1) is 10.7. The summed E-state index contributed by atoms with van der Waals surface area (Å²) in [5.74, 6) is -1.19. The number of nitrogens with one attached hydrogen (secondary N) is 1. The fourth-order valence-corrected chi connectivity index (χ4v) is 3.78. The minimum Gasteiger partial charge on any atom is -0.480 e. The van der Waals surface area contributed by atoms with E-state index in [4.69, 9.17) is 5.11 Å². The van der Waals surface area contributed by atoms with Gasteiger partial charge in [-0.25, -0.2) is 8.42 Å². The lowest BCUT2D eigenvalue weighted by Gasteiger charge is -2.12. The summed E-state index contributed by atoms with van der Waals surface area (Å²) >= 11 is 1.98. The maximum Gasteiger partial charge on any atom is 0.323 e. The van der Waals surface area contributed by atoms with Crippen LogP contribution in [0.1, 0.15) is 5.69 Å². The Balaban J connectivity index is 2.44. The Morgan fingerprint density at radius 1 is 1.30 bits per heavy atom. The summed E-state index contributed by atoms with van der Waals surface area (Å²) in [6.45, 7) is 1.03. The summed E-state index contributed by atoms with van der Waals surface area (Å²) in [5.41, 5.74) is -0.480. The van der Waals surface area contributed by atoms with Crippen LogP contribution in [0.3, 0.4) is 0 Å². The van der Waals surface area contributed by atoms with Gasteiger partial charge >= 0.3 is 5.97 Å². The monoisotopic (exact) mass is 448 g/mol. The van der Waals surface area contributed by atoms with Crippen LogP contribution in [0.5, 0.6) is 0 Å². The van der Waals surface area contributed by atoms with Crippen molar-refractivity contribution >= 4 is 44.3 Å². The number of halogens is 1. The van der Waals surface area contributed by atoms with Gasteiger partial charge in [0.15, 0.2) is 0 Å². The molecule has 9 heteroatoms. The Morgan fingerprint density at radius 2 is 2.00 bits per heavy atom. The molecule has 0 fully saturated rings. The van der Waals surface area contributed by atoms with Gasteiger partial charge in [-0.3, -0.25) is 18.9 Å². The summed E-state index contributed by atoms with van der Waals surface area (Å²) in [5, 5.41) is 8.85. The van der Waals surface area contributed by atoms with E-state index in [-0.39, 0.29) is 10.6 Å². The van der Waals surface area contributed by atoms with Gasteiger partial charge in [0, 0.05) is 9.26 Å². The summed E-state index contributed by atoms with van der Waals surface area (Å²) < 4.78 is 28.6. The van der Waals surface area contributed by atoms with Crippen LogP contribution in [-0.2, 0) is 21.4 Å². The molecule has 0 aliphatic carbocycles. The lowest BCUT2D eigenvalue weighted by atomic mass is 10.3. The van der Waals surface area contributed by atoms with Crippen LogP contribution >= 0.6 is 22.6 Å². The maximum absolute atomic E-state index is 12.3. The predicted octanol–water partition coefficient (Wildman–Crippen LogP) is 1.65. The zero-order chi connectivity index (χ0) is 17.2. The molecule has 0 spiro atoms. The van der Waals surface area contributed by atoms with Crippen LogP contribution < -0.4 is 10.3 Å². The van der Waals surface area contributed by atoms with Crippen molar-refractivity contribution in [2.45, 2.75) is 18.4 Å². The molecule has 2 aromatic rings. The fourth-order valence-electron chi connectivity index (χ4n) is 1.92. The second-order valence-electron chi connectivity index (χ2n) is 4.74. The summed E-state index contributed by atoms with van der Waals surface area (Å²) in [6, 6.07) is 9.01. The van der Waals surface area contributed by atoms with Crippen molar-refractivity contribution in [3.05, 3.63) is 56.0 Å². The Morgan fingerprint density at radius 3 is 2.61 bits per heavy atom. The van der Waals surface area contributed by atoms with Crippen LogP contribution in [0.15, 0.2) is 46.1 Å². The number of carboxylic acid groups (broad SMARTS) is 1. The van der Waals surface area contributed by atoms with Gasteiger partial charge in [-0.15, -0.1) is 0 Å². The average Bonchev–Trinajstić information content (AvgIpc) is 2.46. The summed E-state index contributed by atoms with van der Waals surface area (Å²) in [6.07, 6.45) is 0. The third-order valence-electron chi connectivity index (χ3n) is 3.04. The van der Waals surface area contributed by atoms with Crippen molar-refractivity contribution in [2.24, 2.45) is 0 Å². The van der Waals surface area contributed by atoms with Crippen LogP contribution in [0.25, 0.3) is 0 Å². The van der Waals surface area contributed by atoms with Gasteiger partial charge in [-0.2, -0.15) is 0 Å². The first-order valence-electron chi connectivity index (χ1n) is 6.41. The van der Waals surface area contributed by atoms with E-state index in [1.165, 1.54) is 24.3 Å². The number of rotatable bonds is 5. The molecule has 2 N–H and O–H groups in total. The van der Waals surface area contributed by atoms with E-state index in [0.717, 1.165) is 8.14 Å². The highest BCUT2D eigenvalue weighted by Gasteiger charge is 2.18. The predicted molar refractivity (Wildman–Crippen MR) is 93.0 cm³/mol. The second-order valence-corrected chi connectivity index (χ2v) is 7.66. The van der Waals surface area contributed by atoms with Crippen LogP contribution in [0.4, 0.5) is 5.69 Å². The van der Waals surface area contributed by atoms with Gasteiger partial charge in [-0.1, -0.05) is 6.07 Å². The maximum atomic E-state index is 12.3. The minimum atomic E-state index is -3.93. The largest absolute Gasteiger partial charge is 0.480 e. The molecular weight excluding hydrogens is 435 g/mol. The lowest BCUT2D eigenvalue weighted by molar-refractivity contribution is -0.137. The summed E-state index contributed by atoms with van der Waals surface area (Å²) in [4.78, 5) is 23.1. The number of carboxylic acids is 1. The highest BCUT2D eigenvalue weighted by atomic mass is 127. The number of benzene rings is 1. The first kappa shape index (κ1) is 17.5. The standard InChI is InChI=1S/C14H13IN2O5S/c1-9-5-6-12(14(20)17(9)8-13(18)19)16-23(21,22)11-4-2-3-10(15)7-11/h2-7,16H,8H2,1H3,(H,18,19). The van der Waals surface area contributed by atoms with Crippen molar-refractivity contribution in [1.29, 1.82) is 0 Å². The van der Waals surface area contributed by atoms with E-state index in [2.05, 4.69) is 4.72 Å². The molecule has 0 bridgehead atoms. The van der Waals surface area contributed by atoms with Gasteiger partial charge in [0.1, 0.15) is 12.2 Å². The van der Waals surface area contributed by atoms with Gasteiger partial charge in [0.25, 0.3) is 15.6 Å². The molecule has 0 saturated heterocycles. The molecule has 2 rings (SSSR count). The molecule has 0 saturated carbocycles. The van der Waals surface area contributed by atoms with E-state index in [1.54, 1.807) is 19.1 Å². The molecule has 0 aliphatic heterocycles. The number of anilines is 1. The number of hydrogen-bond acceptors (Lipinski definition) is 4. The number of aromatic nitrogens is 1. The number of nitrogens with zero attached hydrogens (tertiary/aromatic N) is 1. The highest BCUT2D eigenvalue weighted by Crippen LogP contribution is 2.16. The van der Waals surface area contributed by atoms with Gasteiger partial charge < -0.3 is 5.11 Å². The molecular formula is C14H13IN2O5S. The molecule has 0 aliphatic rings. The third-order valence-corrected chi connectivity index (χ3v) is 5.07. The molecule has 122 valence electrons. The molecule has 23 heavy (non-hydrogen) atoms. The van der Waals surface area contributed by atoms with Crippen molar-refractivity contribution < 1.29 is 18.3 Å². The lowest BCUT2D eigenvalue weighted by Crippen LogP contribution is -2.29. The van der Waals surface area contributed by atoms with Gasteiger partial charge in [-0.05, 0) is 59.8 Å². The summed E-state index contributed by atoms with van der Waals surface area (Å²) in [7, 11) is -3.93. The number of aliphatic carboxylic acids is 1.